The summed E-state index contributed by atoms with van der Waals surface area (Å²) in [5.74, 6) is 3.09. The van der Waals surface area contributed by atoms with Crippen LogP contribution in [0.25, 0.3) is 0 Å². The van der Waals surface area contributed by atoms with Crippen LogP contribution in [0.1, 0.15) is 13.8 Å². The van der Waals surface area contributed by atoms with Crippen molar-refractivity contribution in [1.82, 2.24) is 5.32 Å². The molecule has 0 rings (SSSR count). The number of hydrogen-bond donors (Lipinski definition) is 1. The third kappa shape index (κ3) is 2.92. The van der Waals surface area contributed by atoms with Crippen LogP contribution >= 0.6 is 0 Å². The van der Waals surface area contributed by atoms with Gasteiger partial charge in [0.1, 0.15) is 0 Å². The zero-order valence-electron chi connectivity index (χ0n) is 7.72. The Morgan fingerprint density at radius 2 is 2.00 bits per heavy atom. The van der Waals surface area contributed by atoms with Gasteiger partial charge in [-0.25, -0.2) is 0 Å². The Hall–Kier alpha value is -0.520. The van der Waals surface area contributed by atoms with Crippen molar-refractivity contribution < 1.29 is 4.74 Å². The molecule has 2 atom stereocenters. The van der Waals surface area contributed by atoms with Crippen molar-refractivity contribution in [2.75, 3.05) is 14.2 Å². The van der Waals surface area contributed by atoms with Crippen molar-refractivity contribution in [3.05, 3.63) is 0 Å². The molecule has 0 bridgehead atoms. The molecule has 0 fully saturated rings. The van der Waals surface area contributed by atoms with Crippen LogP contribution in [0.5, 0.6) is 0 Å². The topological polar surface area (TPSA) is 21.3 Å². The van der Waals surface area contributed by atoms with Gasteiger partial charge >= 0.3 is 0 Å². The van der Waals surface area contributed by atoms with Gasteiger partial charge in [0.2, 0.25) is 0 Å². The number of rotatable bonds is 4. The number of terminal acetylenes is 1. The number of likely N-dealkylation sites (N-methyl/N-ethyl adjacent to an activating group) is 1. The van der Waals surface area contributed by atoms with Gasteiger partial charge in [-0.05, 0) is 13.0 Å². The van der Waals surface area contributed by atoms with E-state index in [0.717, 1.165) is 0 Å². The fourth-order valence-electron chi connectivity index (χ4n) is 1.14. The summed E-state index contributed by atoms with van der Waals surface area (Å²) in [5, 5.41) is 3.02. The average Bonchev–Trinajstić information content (AvgIpc) is 1.99. The maximum absolute atomic E-state index is 5.31. The predicted molar refractivity (Wildman–Crippen MR) is 47.3 cm³/mol. The molecule has 0 aliphatic heterocycles. The first kappa shape index (κ1) is 10.5. The number of methoxy groups -OCH3 is 1. The van der Waals surface area contributed by atoms with Gasteiger partial charge in [-0.15, -0.1) is 6.42 Å². The number of nitrogens with one attached hydrogen (secondary N) is 1. The van der Waals surface area contributed by atoms with Gasteiger partial charge in [0.25, 0.3) is 0 Å². The molecule has 0 heterocycles. The molecule has 0 aromatic heterocycles. The van der Waals surface area contributed by atoms with Gasteiger partial charge in [-0.2, -0.15) is 0 Å². The lowest BCUT2D eigenvalue weighted by atomic mass is 10.0. The van der Waals surface area contributed by atoms with E-state index in [2.05, 4.69) is 25.1 Å². The van der Waals surface area contributed by atoms with Gasteiger partial charge in [-0.1, -0.05) is 19.8 Å². The summed E-state index contributed by atoms with van der Waals surface area (Å²) in [6, 6.07) is 0.0139. The molecule has 2 heteroatoms. The minimum atomic E-state index is 0.0139. The van der Waals surface area contributed by atoms with E-state index in [0.29, 0.717) is 5.92 Å². The van der Waals surface area contributed by atoms with Crippen LogP contribution in [0.2, 0.25) is 0 Å². The second kappa shape index (κ2) is 5.17. The monoisotopic (exact) mass is 155 g/mol. The van der Waals surface area contributed by atoms with Gasteiger partial charge in [-0.3, -0.25) is 0 Å². The van der Waals surface area contributed by atoms with E-state index in [1.165, 1.54) is 0 Å². The standard InChI is InChI=1S/C9H17NO/c1-6-8(10-4)9(11-5)7(2)3/h1,7-10H,2-5H3. The highest BCUT2D eigenvalue weighted by Gasteiger charge is 2.20. The minimum absolute atomic E-state index is 0.0139. The summed E-state index contributed by atoms with van der Waals surface area (Å²) in [6.07, 6.45) is 5.41. The first-order valence-corrected chi connectivity index (χ1v) is 3.83. The summed E-state index contributed by atoms with van der Waals surface area (Å²) < 4.78 is 5.25. The molecule has 0 spiro atoms. The van der Waals surface area contributed by atoms with E-state index in [1.54, 1.807) is 7.11 Å². The van der Waals surface area contributed by atoms with Crippen LogP contribution in [0, 0.1) is 18.3 Å². The quantitative estimate of drug-likeness (QED) is 0.608. The van der Waals surface area contributed by atoms with Crippen LogP contribution in [-0.4, -0.2) is 26.3 Å². The van der Waals surface area contributed by atoms with Gasteiger partial charge in [0.05, 0.1) is 12.1 Å². The normalized spacial score (nSPS) is 16.0. The molecule has 64 valence electrons. The highest BCUT2D eigenvalue weighted by Crippen LogP contribution is 2.09. The molecule has 0 radical (unpaired) electrons. The fourth-order valence-corrected chi connectivity index (χ4v) is 1.14. The maximum atomic E-state index is 5.31. The second-order valence-corrected chi connectivity index (χ2v) is 2.88. The molecule has 0 aliphatic carbocycles. The average molecular weight is 155 g/mol. The fraction of sp³-hybridized carbons (Fsp3) is 0.778. The SMILES string of the molecule is C#CC(NC)C(OC)C(C)C. The third-order valence-corrected chi connectivity index (χ3v) is 1.75. The summed E-state index contributed by atoms with van der Waals surface area (Å²) in [4.78, 5) is 0. The highest BCUT2D eigenvalue weighted by atomic mass is 16.5. The van der Waals surface area contributed by atoms with E-state index < -0.39 is 0 Å². The Bertz CT molecular complexity index is 137. The smallest absolute Gasteiger partial charge is 0.0952 e. The molecular formula is C9H17NO. The van der Waals surface area contributed by atoms with E-state index in [4.69, 9.17) is 11.2 Å². The predicted octanol–water partition coefficient (Wildman–Crippen LogP) is 0.879. The Morgan fingerprint density at radius 1 is 1.45 bits per heavy atom. The molecule has 0 saturated carbocycles. The first-order valence-electron chi connectivity index (χ1n) is 3.83. The van der Waals surface area contributed by atoms with Crippen molar-refractivity contribution in [1.29, 1.82) is 0 Å². The summed E-state index contributed by atoms with van der Waals surface area (Å²) in [7, 11) is 3.53. The molecule has 0 amide bonds. The molecule has 2 nitrogen and oxygen atoms in total. The number of hydrogen-bond acceptors (Lipinski definition) is 2. The zero-order valence-corrected chi connectivity index (χ0v) is 7.72. The van der Waals surface area contributed by atoms with Crippen LogP contribution in [0.3, 0.4) is 0 Å². The summed E-state index contributed by atoms with van der Waals surface area (Å²) in [6.45, 7) is 4.19. The maximum Gasteiger partial charge on any atom is 0.0952 e. The second-order valence-electron chi connectivity index (χ2n) is 2.88. The Kier molecular flexibility index (Phi) is 4.93. The van der Waals surface area contributed by atoms with E-state index >= 15 is 0 Å². The van der Waals surface area contributed by atoms with Crippen LogP contribution < -0.4 is 5.32 Å². The van der Waals surface area contributed by atoms with Crippen LogP contribution in [-0.2, 0) is 4.74 Å². The Balaban J connectivity index is 4.12. The molecule has 2 unspecified atom stereocenters. The van der Waals surface area contributed by atoms with E-state index in [9.17, 15) is 0 Å². The molecule has 0 saturated heterocycles. The summed E-state index contributed by atoms with van der Waals surface area (Å²) >= 11 is 0. The lowest BCUT2D eigenvalue weighted by Crippen LogP contribution is -2.40. The van der Waals surface area contributed by atoms with Gasteiger partial charge < -0.3 is 10.1 Å². The van der Waals surface area contributed by atoms with E-state index in [-0.39, 0.29) is 12.1 Å². The lowest BCUT2D eigenvalue weighted by molar-refractivity contribution is 0.0502. The molecular weight excluding hydrogens is 138 g/mol. The largest absolute Gasteiger partial charge is 0.379 e. The zero-order chi connectivity index (χ0) is 8.85. The first-order chi connectivity index (χ1) is 5.17. The third-order valence-electron chi connectivity index (χ3n) is 1.75. The summed E-state index contributed by atoms with van der Waals surface area (Å²) in [5.41, 5.74) is 0. The van der Waals surface area contributed by atoms with Crippen LogP contribution in [0.4, 0.5) is 0 Å². The van der Waals surface area contributed by atoms with Crippen molar-refractivity contribution in [3.8, 4) is 12.3 Å². The molecule has 1 N–H and O–H groups in total. The highest BCUT2D eigenvalue weighted by molar-refractivity contribution is 5.03. The van der Waals surface area contributed by atoms with Crippen LogP contribution in [0.15, 0.2) is 0 Å². The Labute approximate surface area is 69.3 Å². The van der Waals surface area contributed by atoms with Crippen molar-refractivity contribution in [3.63, 3.8) is 0 Å². The van der Waals surface area contributed by atoms with Crippen molar-refractivity contribution in [2.24, 2.45) is 5.92 Å². The van der Waals surface area contributed by atoms with E-state index in [1.807, 2.05) is 7.05 Å². The molecule has 0 aliphatic rings. The molecule has 0 aromatic rings. The number of ether oxygens (including phenoxy) is 1. The lowest BCUT2D eigenvalue weighted by Gasteiger charge is -2.24. The Morgan fingerprint density at radius 3 is 2.09 bits per heavy atom. The molecule has 0 aromatic carbocycles. The van der Waals surface area contributed by atoms with Crippen molar-refractivity contribution in [2.45, 2.75) is 26.0 Å². The van der Waals surface area contributed by atoms with Gasteiger partial charge in [0.15, 0.2) is 0 Å². The van der Waals surface area contributed by atoms with Gasteiger partial charge in [0, 0.05) is 7.11 Å². The van der Waals surface area contributed by atoms with Crippen molar-refractivity contribution >= 4 is 0 Å². The molecule has 11 heavy (non-hydrogen) atoms. The minimum Gasteiger partial charge on any atom is -0.379 e.